The van der Waals surface area contributed by atoms with E-state index >= 15 is 0 Å². The van der Waals surface area contributed by atoms with Gasteiger partial charge in [-0.2, -0.15) is 0 Å². The van der Waals surface area contributed by atoms with Gasteiger partial charge >= 0.3 is 6.03 Å². The van der Waals surface area contributed by atoms with Gasteiger partial charge in [-0.3, -0.25) is 4.90 Å². The third kappa shape index (κ3) is 3.30. The minimum Gasteiger partial charge on any atom is -0.305 e. The Bertz CT molecular complexity index is 920. The van der Waals surface area contributed by atoms with Gasteiger partial charge in [0.2, 0.25) is 0 Å². The Morgan fingerprint density at radius 3 is 2.50 bits per heavy atom. The van der Waals surface area contributed by atoms with Crippen LogP contribution in [0, 0.1) is 28.9 Å². The summed E-state index contributed by atoms with van der Waals surface area (Å²) in [5, 5.41) is 2.65. The van der Waals surface area contributed by atoms with Crippen LogP contribution in [0.2, 0.25) is 0 Å². The molecule has 5 rings (SSSR count). The van der Waals surface area contributed by atoms with Gasteiger partial charge in [0.15, 0.2) is 0 Å². The lowest BCUT2D eigenvalue weighted by Gasteiger charge is -2.57. The maximum Gasteiger partial charge on any atom is 0.326 e. The lowest BCUT2D eigenvalue weighted by Crippen LogP contribution is -2.50. The lowest BCUT2D eigenvalue weighted by molar-refractivity contribution is -0.00666. The van der Waals surface area contributed by atoms with E-state index < -0.39 is 11.8 Å². The van der Waals surface area contributed by atoms with Crippen molar-refractivity contribution in [3.8, 4) is 0 Å². The average Bonchev–Trinajstić information content (AvgIpc) is 2.68. The predicted octanol–water partition coefficient (Wildman–Crippen LogP) is 6.00. The van der Waals surface area contributed by atoms with Gasteiger partial charge in [-0.1, -0.05) is 37.6 Å². The van der Waals surface area contributed by atoms with E-state index in [1.165, 1.54) is 29.8 Å². The number of carbonyl (C=O) groups excluding carboxylic acids is 1. The van der Waals surface area contributed by atoms with Crippen molar-refractivity contribution in [2.75, 3.05) is 16.8 Å². The molecule has 1 saturated carbocycles. The number of amides is 2. The topological polar surface area (TPSA) is 32.3 Å². The van der Waals surface area contributed by atoms with E-state index in [-0.39, 0.29) is 16.9 Å². The second kappa shape index (κ2) is 7.04. The molecule has 0 radical (unpaired) electrons. The number of allylic oxidation sites excluding steroid dienone is 1. The van der Waals surface area contributed by atoms with E-state index in [0.717, 1.165) is 12.8 Å². The molecule has 2 amide bonds. The van der Waals surface area contributed by atoms with Crippen molar-refractivity contribution in [3.63, 3.8) is 0 Å². The first-order valence-electron chi connectivity index (χ1n) is 9.64. The third-order valence-electron chi connectivity index (χ3n) is 6.42. The van der Waals surface area contributed by atoms with Crippen LogP contribution < -0.4 is 10.2 Å². The maximum atomic E-state index is 14.0. The standard InChI is InChI=1S/C23H24F2N2O/c1-23(2)16-8-7-15(19(23)13-16)14-27(18-11-9-17(24)10-12-18)22(28)26-21-6-4-3-5-20(21)25/h3-7,9-12,16,19H,8,13-14H2,1-2H3,(H,26,28). The van der Waals surface area contributed by atoms with Gasteiger partial charge in [-0.15, -0.1) is 0 Å². The van der Waals surface area contributed by atoms with Gasteiger partial charge in [0, 0.05) is 12.2 Å². The van der Waals surface area contributed by atoms with Crippen LogP contribution in [0.1, 0.15) is 26.7 Å². The third-order valence-corrected chi connectivity index (χ3v) is 6.42. The number of benzene rings is 2. The monoisotopic (exact) mass is 382 g/mol. The molecule has 0 saturated heterocycles. The van der Waals surface area contributed by atoms with Crippen LogP contribution in [-0.4, -0.2) is 12.6 Å². The van der Waals surface area contributed by atoms with Crippen LogP contribution in [0.25, 0.3) is 0 Å². The molecule has 2 atom stereocenters. The number of hydrogen-bond acceptors (Lipinski definition) is 1. The molecule has 0 spiro atoms. The average molecular weight is 382 g/mol. The largest absolute Gasteiger partial charge is 0.326 e. The fraction of sp³-hybridized carbons (Fsp3) is 0.348. The van der Waals surface area contributed by atoms with Gasteiger partial charge in [-0.05, 0) is 66.5 Å². The van der Waals surface area contributed by atoms with E-state index in [2.05, 4.69) is 25.2 Å². The van der Waals surface area contributed by atoms with Crippen molar-refractivity contribution < 1.29 is 13.6 Å². The molecule has 1 N–H and O–H groups in total. The number of hydrogen-bond donors (Lipinski definition) is 1. The first-order valence-corrected chi connectivity index (χ1v) is 9.64. The first kappa shape index (κ1) is 18.7. The minimum absolute atomic E-state index is 0.126. The second-order valence-corrected chi connectivity index (χ2v) is 8.29. The van der Waals surface area contributed by atoms with Gasteiger partial charge < -0.3 is 5.32 Å². The molecule has 2 aromatic carbocycles. The van der Waals surface area contributed by atoms with Crippen LogP contribution in [0.4, 0.5) is 25.0 Å². The normalized spacial score (nSPS) is 22.1. The summed E-state index contributed by atoms with van der Waals surface area (Å²) < 4.78 is 27.4. The molecule has 3 aliphatic rings. The highest BCUT2D eigenvalue weighted by Crippen LogP contribution is 2.59. The summed E-state index contributed by atoms with van der Waals surface area (Å²) in [6.07, 6.45) is 4.40. The fourth-order valence-electron chi connectivity index (χ4n) is 4.49. The first-order chi connectivity index (χ1) is 13.4. The van der Waals surface area contributed by atoms with Crippen molar-refractivity contribution >= 4 is 17.4 Å². The number of rotatable bonds is 4. The lowest BCUT2D eigenvalue weighted by atomic mass is 9.49. The summed E-state index contributed by atoms with van der Waals surface area (Å²) in [4.78, 5) is 14.6. The Kier molecular flexibility index (Phi) is 4.69. The SMILES string of the molecule is CC1(C)C2CC=C(CN(C(=O)Nc3ccccc3F)c3ccc(F)cc3)C1C2. The molecule has 0 heterocycles. The molecule has 2 unspecified atom stereocenters. The number of fused-ring (bicyclic) bond motifs is 1. The molecular formula is C23H24F2N2O. The zero-order chi connectivity index (χ0) is 19.9. The number of nitrogens with zero attached hydrogens (tertiary/aromatic N) is 1. The molecule has 0 aromatic heterocycles. The zero-order valence-electron chi connectivity index (χ0n) is 16.1. The molecule has 5 heteroatoms. The molecular weight excluding hydrogens is 358 g/mol. The Hall–Kier alpha value is -2.69. The van der Waals surface area contributed by atoms with Crippen molar-refractivity contribution in [1.29, 1.82) is 0 Å². The van der Waals surface area contributed by atoms with Crippen molar-refractivity contribution in [2.24, 2.45) is 17.3 Å². The van der Waals surface area contributed by atoms with Crippen LogP contribution in [0.5, 0.6) is 0 Å². The van der Waals surface area contributed by atoms with E-state index in [4.69, 9.17) is 0 Å². The number of para-hydroxylation sites is 1. The van der Waals surface area contributed by atoms with Crippen LogP contribution in [0.15, 0.2) is 60.2 Å². The molecule has 2 aromatic rings. The number of carbonyl (C=O) groups is 1. The van der Waals surface area contributed by atoms with E-state index in [0.29, 0.717) is 24.1 Å². The van der Waals surface area contributed by atoms with E-state index in [1.807, 2.05) is 0 Å². The quantitative estimate of drug-likeness (QED) is 0.647. The molecule has 2 bridgehead atoms. The highest BCUT2D eigenvalue weighted by molar-refractivity contribution is 6.02. The Morgan fingerprint density at radius 1 is 1.14 bits per heavy atom. The summed E-state index contributed by atoms with van der Waals surface area (Å²) in [6.45, 7) is 4.97. The van der Waals surface area contributed by atoms with Crippen LogP contribution in [0.3, 0.4) is 0 Å². The summed E-state index contributed by atoms with van der Waals surface area (Å²) in [6, 6.07) is 11.5. The van der Waals surface area contributed by atoms with Crippen LogP contribution >= 0.6 is 0 Å². The van der Waals surface area contributed by atoms with Gasteiger partial charge in [-0.25, -0.2) is 13.6 Å². The van der Waals surface area contributed by atoms with Gasteiger partial charge in [0.25, 0.3) is 0 Å². The van der Waals surface area contributed by atoms with Crippen molar-refractivity contribution in [2.45, 2.75) is 26.7 Å². The van der Waals surface area contributed by atoms with Crippen LogP contribution in [-0.2, 0) is 0 Å². The van der Waals surface area contributed by atoms with Gasteiger partial charge in [0.05, 0.1) is 5.69 Å². The molecule has 3 aliphatic carbocycles. The fourth-order valence-corrected chi connectivity index (χ4v) is 4.49. The molecule has 28 heavy (non-hydrogen) atoms. The number of urea groups is 1. The van der Waals surface area contributed by atoms with E-state index in [1.54, 1.807) is 29.2 Å². The zero-order valence-corrected chi connectivity index (χ0v) is 16.1. The Balaban J connectivity index is 1.61. The van der Waals surface area contributed by atoms with Crippen molar-refractivity contribution in [3.05, 3.63) is 71.8 Å². The molecule has 3 nitrogen and oxygen atoms in total. The maximum absolute atomic E-state index is 14.0. The number of halogens is 2. The highest BCUT2D eigenvalue weighted by Gasteiger charge is 2.51. The Morgan fingerprint density at radius 2 is 1.86 bits per heavy atom. The minimum atomic E-state index is -0.491. The summed E-state index contributed by atoms with van der Waals surface area (Å²) in [7, 11) is 0. The molecule has 1 fully saturated rings. The predicted molar refractivity (Wildman–Crippen MR) is 107 cm³/mol. The molecule has 0 aliphatic heterocycles. The summed E-state index contributed by atoms with van der Waals surface area (Å²) in [5.74, 6) is 0.288. The molecule has 146 valence electrons. The summed E-state index contributed by atoms with van der Waals surface area (Å²) in [5.41, 5.74) is 2.16. The second-order valence-electron chi connectivity index (χ2n) is 8.29. The summed E-state index contributed by atoms with van der Waals surface area (Å²) >= 11 is 0. The van der Waals surface area contributed by atoms with E-state index in [9.17, 15) is 13.6 Å². The van der Waals surface area contributed by atoms with Crippen molar-refractivity contribution in [1.82, 2.24) is 0 Å². The Labute approximate surface area is 164 Å². The highest BCUT2D eigenvalue weighted by atomic mass is 19.1. The van der Waals surface area contributed by atoms with Gasteiger partial charge in [0.1, 0.15) is 11.6 Å². The number of nitrogens with one attached hydrogen (secondary N) is 1. The smallest absolute Gasteiger partial charge is 0.305 e. The number of anilines is 2.